The van der Waals surface area contributed by atoms with Gasteiger partial charge in [-0.3, -0.25) is 4.79 Å². The molecule has 2 aromatic rings. The molecular weight excluding hydrogens is 288 g/mol. The van der Waals surface area contributed by atoms with E-state index in [-0.39, 0.29) is 24.2 Å². The van der Waals surface area contributed by atoms with Crippen molar-refractivity contribution < 1.29 is 14.4 Å². The molecule has 2 N–H and O–H groups in total. The molecule has 0 saturated heterocycles. The Kier molecular flexibility index (Phi) is 5.83. The fraction of sp³-hybridized carbons (Fsp3) is 0.333. The molecule has 0 fully saturated rings. The van der Waals surface area contributed by atoms with E-state index in [1.807, 2.05) is 36.6 Å². The maximum atomic E-state index is 12.1. The molecule has 1 aromatic heterocycles. The van der Waals surface area contributed by atoms with E-state index in [9.17, 15) is 4.79 Å². The van der Waals surface area contributed by atoms with Crippen LogP contribution in [-0.4, -0.2) is 40.8 Å². The van der Waals surface area contributed by atoms with Gasteiger partial charge in [0.25, 0.3) is 5.91 Å². The number of nitrogens with zero attached hydrogens (tertiary/aromatic N) is 1. The van der Waals surface area contributed by atoms with E-state index < -0.39 is 0 Å². The van der Waals surface area contributed by atoms with Gasteiger partial charge in [0.15, 0.2) is 11.5 Å². The van der Waals surface area contributed by atoms with Crippen LogP contribution in [-0.2, 0) is 0 Å². The van der Waals surface area contributed by atoms with Crippen molar-refractivity contribution in [2.75, 3.05) is 18.6 Å². The van der Waals surface area contributed by atoms with Crippen LogP contribution >= 0.6 is 11.8 Å². The van der Waals surface area contributed by atoms with Crippen LogP contribution in [0.3, 0.4) is 0 Å². The number of carbonyl (C=O) groups is 1. The van der Waals surface area contributed by atoms with Gasteiger partial charge in [-0.25, -0.2) is 0 Å². The van der Waals surface area contributed by atoms with Gasteiger partial charge in [0, 0.05) is 30.0 Å². The molecule has 1 unspecified atom stereocenters. The summed E-state index contributed by atoms with van der Waals surface area (Å²) in [5.74, 6) is 1.02. The standard InChI is InChI=1S/C15H18N2O3S/c1-21-10-12(7-8-18)16-15(19)13-9-14(20-17-13)11-5-3-2-4-6-11/h2-6,9,12,18H,7-8,10H2,1H3,(H,16,19). The van der Waals surface area contributed by atoms with Crippen molar-refractivity contribution in [2.45, 2.75) is 12.5 Å². The molecule has 0 spiro atoms. The molecule has 6 heteroatoms. The van der Waals surface area contributed by atoms with E-state index >= 15 is 0 Å². The lowest BCUT2D eigenvalue weighted by Crippen LogP contribution is -2.37. The minimum Gasteiger partial charge on any atom is -0.396 e. The summed E-state index contributed by atoms with van der Waals surface area (Å²) in [6.07, 6.45) is 2.48. The fourth-order valence-corrected chi connectivity index (χ4v) is 2.59. The third-order valence-electron chi connectivity index (χ3n) is 2.98. The van der Waals surface area contributed by atoms with Gasteiger partial charge >= 0.3 is 0 Å². The smallest absolute Gasteiger partial charge is 0.273 e. The lowest BCUT2D eigenvalue weighted by Gasteiger charge is -2.15. The predicted octanol–water partition coefficient (Wildman–Crippen LogP) is 2.19. The minimum absolute atomic E-state index is 0.0413. The number of aromatic nitrogens is 1. The van der Waals surface area contributed by atoms with E-state index in [0.29, 0.717) is 12.2 Å². The highest BCUT2D eigenvalue weighted by Crippen LogP contribution is 2.19. The molecule has 0 aliphatic heterocycles. The first-order chi connectivity index (χ1) is 10.2. The molecule has 112 valence electrons. The summed E-state index contributed by atoms with van der Waals surface area (Å²) in [6, 6.07) is 11.0. The van der Waals surface area contributed by atoms with Crippen molar-refractivity contribution in [1.29, 1.82) is 0 Å². The zero-order valence-corrected chi connectivity index (χ0v) is 12.6. The number of aliphatic hydroxyl groups is 1. The number of aliphatic hydroxyl groups excluding tert-OH is 1. The van der Waals surface area contributed by atoms with Crippen LogP contribution in [0.2, 0.25) is 0 Å². The highest BCUT2D eigenvalue weighted by Gasteiger charge is 2.17. The number of amides is 1. The number of hydrogen-bond acceptors (Lipinski definition) is 5. The SMILES string of the molecule is CSCC(CCO)NC(=O)c1cc(-c2ccccc2)on1. The van der Waals surface area contributed by atoms with E-state index in [0.717, 1.165) is 11.3 Å². The molecule has 1 heterocycles. The molecule has 1 aromatic carbocycles. The highest BCUT2D eigenvalue weighted by molar-refractivity contribution is 7.98. The first-order valence-electron chi connectivity index (χ1n) is 6.67. The number of carbonyl (C=O) groups excluding carboxylic acids is 1. The summed E-state index contributed by atoms with van der Waals surface area (Å²) < 4.78 is 5.21. The van der Waals surface area contributed by atoms with E-state index in [1.54, 1.807) is 17.8 Å². The van der Waals surface area contributed by atoms with Crippen LogP contribution in [0.4, 0.5) is 0 Å². The van der Waals surface area contributed by atoms with Gasteiger partial charge in [-0.05, 0) is 12.7 Å². The maximum Gasteiger partial charge on any atom is 0.273 e. The number of rotatable bonds is 7. The zero-order chi connectivity index (χ0) is 15.1. The first kappa shape index (κ1) is 15.6. The van der Waals surface area contributed by atoms with Crippen LogP contribution in [0.25, 0.3) is 11.3 Å². The Morgan fingerprint density at radius 1 is 1.43 bits per heavy atom. The molecule has 0 saturated carbocycles. The summed E-state index contributed by atoms with van der Waals surface area (Å²) in [5.41, 5.74) is 1.12. The number of nitrogens with one attached hydrogen (secondary N) is 1. The topological polar surface area (TPSA) is 75.4 Å². The quantitative estimate of drug-likeness (QED) is 0.820. The van der Waals surface area contributed by atoms with Crippen molar-refractivity contribution in [1.82, 2.24) is 10.5 Å². The molecule has 0 bridgehead atoms. The third-order valence-corrected chi connectivity index (χ3v) is 3.72. The largest absolute Gasteiger partial charge is 0.396 e. The van der Waals surface area contributed by atoms with E-state index in [4.69, 9.17) is 9.63 Å². The van der Waals surface area contributed by atoms with Crippen molar-refractivity contribution >= 4 is 17.7 Å². The Labute approximate surface area is 127 Å². The van der Waals surface area contributed by atoms with Crippen LogP contribution in [0, 0.1) is 0 Å². The van der Waals surface area contributed by atoms with Gasteiger partial charge in [0.1, 0.15) is 0 Å². The monoisotopic (exact) mass is 306 g/mol. The van der Waals surface area contributed by atoms with Gasteiger partial charge in [-0.2, -0.15) is 11.8 Å². The summed E-state index contributed by atoms with van der Waals surface area (Å²) in [4.78, 5) is 12.1. The molecule has 2 rings (SSSR count). The molecule has 0 aliphatic carbocycles. The summed E-state index contributed by atoms with van der Waals surface area (Å²) in [5, 5.41) is 15.7. The Hall–Kier alpha value is -1.79. The van der Waals surface area contributed by atoms with Crippen molar-refractivity contribution in [2.24, 2.45) is 0 Å². The molecule has 1 atom stereocenters. The molecule has 21 heavy (non-hydrogen) atoms. The van der Waals surface area contributed by atoms with Crippen LogP contribution < -0.4 is 5.32 Å². The van der Waals surface area contributed by atoms with Gasteiger partial charge in [-0.15, -0.1) is 0 Å². The highest BCUT2D eigenvalue weighted by atomic mass is 32.2. The summed E-state index contributed by atoms with van der Waals surface area (Å²) >= 11 is 1.62. The normalized spacial score (nSPS) is 12.1. The Morgan fingerprint density at radius 3 is 2.86 bits per heavy atom. The fourth-order valence-electron chi connectivity index (χ4n) is 1.93. The van der Waals surface area contributed by atoms with E-state index in [2.05, 4.69) is 10.5 Å². The van der Waals surface area contributed by atoms with Gasteiger partial charge in [-0.1, -0.05) is 35.5 Å². The predicted molar refractivity (Wildman–Crippen MR) is 83.3 cm³/mol. The second-order valence-corrected chi connectivity index (χ2v) is 5.49. The zero-order valence-electron chi connectivity index (χ0n) is 11.8. The van der Waals surface area contributed by atoms with Gasteiger partial charge in [0.05, 0.1) is 0 Å². The van der Waals surface area contributed by atoms with E-state index in [1.165, 1.54) is 0 Å². The molecule has 0 aliphatic rings. The summed E-state index contributed by atoms with van der Waals surface area (Å²) in [7, 11) is 0. The van der Waals surface area contributed by atoms with Gasteiger partial charge in [0.2, 0.25) is 0 Å². The third kappa shape index (κ3) is 4.34. The lowest BCUT2D eigenvalue weighted by atomic mass is 10.1. The average molecular weight is 306 g/mol. The van der Waals surface area contributed by atoms with Crippen molar-refractivity contribution in [3.63, 3.8) is 0 Å². The second kappa shape index (κ2) is 7.85. The first-order valence-corrected chi connectivity index (χ1v) is 8.06. The molecular formula is C15H18N2O3S. The number of thioether (sulfide) groups is 1. The van der Waals surface area contributed by atoms with Crippen molar-refractivity contribution in [3.05, 3.63) is 42.1 Å². The molecule has 0 radical (unpaired) electrons. The minimum atomic E-state index is -0.284. The molecule has 5 nitrogen and oxygen atoms in total. The number of hydrogen-bond donors (Lipinski definition) is 2. The lowest BCUT2D eigenvalue weighted by molar-refractivity contribution is 0.0926. The van der Waals surface area contributed by atoms with Crippen molar-refractivity contribution in [3.8, 4) is 11.3 Å². The van der Waals surface area contributed by atoms with Crippen LogP contribution in [0.5, 0.6) is 0 Å². The average Bonchev–Trinajstić information content (AvgIpc) is 2.98. The second-order valence-electron chi connectivity index (χ2n) is 4.58. The molecule has 1 amide bonds. The van der Waals surface area contributed by atoms with Crippen LogP contribution in [0.1, 0.15) is 16.9 Å². The van der Waals surface area contributed by atoms with Gasteiger partial charge < -0.3 is 14.9 Å². The number of benzene rings is 1. The Morgan fingerprint density at radius 2 is 2.19 bits per heavy atom. The Balaban J connectivity index is 2.05. The maximum absolute atomic E-state index is 12.1. The van der Waals surface area contributed by atoms with Crippen LogP contribution in [0.15, 0.2) is 40.9 Å². The summed E-state index contributed by atoms with van der Waals surface area (Å²) in [6.45, 7) is 0.0413. The Bertz CT molecular complexity index is 565.